The fourth-order valence-corrected chi connectivity index (χ4v) is 5.45. The van der Waals surface area contributed by atoms with Gasteiger partial charge in [-0.2, -0.15) is 0 Å². The number of carbonyl (C=O) groups is 1. The molecule has 0 aliphatic heterocycles. The third kappa shape index (κ3) is 3.97. The van der Waals surface area contributed by atoms with Crippen LogP contribution in [-0.4, -0.2) is 31.9 Å². The number of anilines is 1. The van der Waals surface area contributed by atoms with Crippen LogP contribution in [0.15, 0.2) is 67.3 Å². The average molecular weight is 464 g/mol. The molecule has 0 unspecified atom stereocenters. The van der Waals surface area contributed by atoms with Gasteiger partial charge in [0.1, 0.15) is 0 Å². The predicted octanol–water partition coefficient (Wildman–Crippen LogP) is 5.35. The van der Waals surface area contributed by atoms with Gasteiger partial charge in [0.25, 0.3) is 11.6 Å². The van der Waals surface area contributed by atoms with E-state index in [0.29, 0.717) is 21.9 Å². The van der Waals surface area contributed by atoms with Crippen molar-refractivity contribution in [2.45, 2.75) is 13.0 Å². The number of non-ortho nitro benzene ring substituents is 1. The fourth-order valence-electron chi connectivity index (χ4n) is 3.47. The summed E-state index contributed by atoms with van der Waals surface area (Å²) in [7, 11) is 0. The number of amides is 1. The van der Waals surface area contributed by atoms with E-state index in [2.05, 4.69) is 9.97 Å². The highest BCUT2D eigenvalue weighted by Crippen LogP contribution is 2.33. The molecule has 0 radical (unpaired) electrons. The first kappa shape index (κ1) is 20.3. The molecular weight excluding hydrogens is 446 g/mol. The standard InChI is InChI=1S/C22H17N5O3S2/c28-21(20-13-15-12-16(27(29)30)6-7-18(15)31-20)26(10-3-9-25-11-8-23-14-25)22-24-17-4-1-2-5-19(17)32-22/h1-2,4-8,11-14H,3,9-10H2. The lowest BCUT2D eigenvalue weighted by Crippen LogP contribution is -2.31. The first-order valence-corrected chi connectivity index (χ1v) is 11.5. The van der Waals surface area contributed by atoms with Crippen molar-refractivity contribution in [3.05, 3.63) is 82.2 Å². The number of hydrogen-bond donors (Lipinski definition) is 0. The van der Waals surface area contributed by atoms with E-state index in [0.717, 1.165) is 27.9 Å². The van der Waals surface area contributed by atoms with Gasteiger partial charge in [0.05, 0.1) is 26.3 Å². The van der Waals surface area contributed by atoms with Gasteiger partial charge in [-0.15, -0.1) is 11.3 Å². The summed E-state index contributed by atoms with van der Waals surface area (Å²) in [5, 5.41) is 12.4. The van der Waals surface area contributed by atoms with Crippen molar-refractivity contribution in [3.63, 3.8) is 0 Å². The van der Waals surface area contributed by atoms with E-state index < -0.39 is 4.92 Å². The minimum atomic E-state index is -0.428. The smallest absolute Gasteiger partial charge is 0.270 e. The Morgan fingerprint density at radius 1 is 1.12 bits per heavy atom. The number of fused-ring (bicyclic) bond motifs is 2. The van der Waals surface area contributed by atoms with Gasteiger partial charge in [0, 0.05) is 47.7 Å². The zero-order valence-electron chi connectivity index (χ0n) is 16.7. The molecule has 0 aliphatic rings. The first-order chi connectivity index (χ1) is 15.6. The van der Waals surface area contributed by atoms with Crippen LogP contribution in [0.1, 0.15) is 16.1 Å². The third-order valence-electron chi connectivity index (χ3n) is 5.04. The summed E-state index contributed by atoms with van der Waals surface area (Å²) in [4.78, 5) is 35.2. The number of para-hydroxylation sites is 1. The van der Waals surface area contributed by atoms with Crippen molar-refractivity contribution in [2.75, 3.05) is 11.4 Å². The normalized spacial score (nSPS) is 11.2. The number of nitro benzene ring substituents is 1. The highest BCUT2D eigenvalue weighted by atomic mass is 32.1. The highest BCUT2D eigenvalue weighted by molar-refractivity contribution is 7.23. The van der Waals surface area contributed by atoms with Gasteiger partial charge in [0.15, 0.2) is 5.13 Å². The Morgan fingerprint density at radius 3 is 2.78 bits per heavy atom. The summed E-state index contributed by atoms with van der Waals surface area (Å²) in [5.41, 5.74) is 0.865. The number of aromatic nitrogens is 3. The summed E-state index contributed by atoms with van der Waals surface area (Å²) < 4.78 is 3.82. The molecular formula is C22H17N5O3S2. The lowest BCUT2D eigenvalue weighted by atomic mass is 10.2. The molecule has 5 rings (SSSR count). The topological polar surface area (TPSA) is 94.2 Å². The van der Waals surface area contributed by atoms with Crippen LogP contribution in [0.3, 0.4) is 0 Å². The van der Waals surface area contributed by atoms with Crippen LogP contribution in [0.25, 0.3) is 20.3 Å². The molecule has 3 heterocycles. The fraction of sp³-hybridized carbons (Fsp3) is 0.136. The second-order valence-electron chi connectivity index (χ2n) is 7.16. The zero-order valence-corrected chi connectivity index (χ0v) is 18.4. The Hall–Kier alpha value is -3.63. The van der Waals surface area contributed by atoms with Gasteiger partial charge >= 0.3 is 0 Å². The maximum Gasteiger partial charge on any atom is 0.270 e. The number of thiazole rings is 1. The van der Waals surface area contributed by atoms with Crippen molar-refractivity contribution >= 4 is 59.7 Å². The number of nitrogens with zero attached hydrogens (tertiary/aromatic N) is 5. The second-order valence-corrected chi connectivity index (χ2v) is 9.26. The molecule has 0 saturated carbocycles. The molecule has 0 fully saturated rings. The number of carbonyl (C=O) groups excluding carboxylic acids is 1. The summed E-state index contributed by atoms with van der Waals surface area (Å²) >= 11 is 2.81. The molecule has 0 N–H and O–H groups in total. The lowest BCUT2D eigenvalue weighted by Gasteiger charge is -2.19. The molecule has 2 aromatic carbocycles. The minimum absolute atomic E-state index is 0.0117. The molecule has 0 saturated heterocycles. The molecule has 3 aromatic heterocycles. The SMILES string of the molecule is O=C(c1cc2cc([N+](=O)[O-])ccc2s1)N(CCCn1ccnc1)c1nc2ccccc2s1. The molecule has 8 nitrogen and oxygen atoms in total. The maximum atomic E-state index is 13.6. The van der Waals surface area contributed by atoms with Crippen molar-refractivity contribution in [2.24, 2.45) is 0 Å². The summed E-state index contributed by atoms with van der Waals surface area (Å²) in [6.07, 6.45) is 6.10. The number of benzene rings is 2. The van der Waals surface area contributed by atoms with E-state index in [1.165, 1.54) is 34.8 Å². The van der Waals surface area contributed by atoms with E-state index in [1.54, 1.807) is 29.6 Å². The number of aryl methyl sites for hydroxylation is 1. The molecule has 0 aliphatic carbocycles. The summed E-state index contributed by atoms with van der Waals surface area (Å²) in [6, 6.07) is 14.2. The maximum absolute atomic E-state index is 13.6. The molecule has 0 bridgehead atoms. The first-order valence-electron chi connectivity index (χ1n) is 9.90. The molecule has 5 aromatic rings. The molecule has 32 heavy (non-hydrogen) atoms. The Kier molecular flexibility index (Phi) is 5.38. The molecule has 0 spiro atoms. The van der Waals surface area contributed by atoms with Gasteiger partial charge in [-0.05, 0) is 30.7 Å². The van der Waals surface area contributed by atoms with Gasteiger partial charge < -0.3 is 4.57 Å². The second kappa shape index (κ2) is 8.48. The number of imidazole rings is 1. The number of nitro groups is 1. The van der Waals surface area contributed by atoms with Crippen molar-refractivity contribution in [1.82, 2.24) is 14.5 Å². The molecule has 10 heteroatoms. The van der Waals surface area contributed by atoms with E-state index >= 15 is 0 Å². The van der Waals surface area contributed by atoms with Gasteiger partial charge in [-0.1, -0.05) is 23.5 Å². The Labute approximate surface area is 190 Å². The number of thiophene rings is 1. The third-order valence-corrected chi connectivity index (χ3v) is 7.20. The van der Waals surface area contributed by atoms with Crippen molar-refractivity contribution in [1.29, 1.82) is 0 Å². The largest absolute Gasteiger partial charge is 0.337 e. The van der Waals surface area contributed by atoms with Crippen LogP contribution in [0.5, 0.6) is 0 Å². The van der Waals surface area contributed by atoms with Crippen LogP contribution in [0.2, 0.25) is 0 Å². The van der Waals surface area contributed by atoms with Crippen LogP contribution in [0, 0.1) is 10.1 Å². The quantitative estimate of drug-likeness (QED) is 0.239. The summed E-state index contributed by atoms with van der Waals surface area (Å²) in [6.45, 7) is 1.22. The summed E-state index contributed by atoms with van der Waals surface area (Å²) in [5.74, 6) is -0.154. The van der Waals surface area contributed by atoms with E-state index in [-0.39, 0.29) is 11.6 Å². The van der Waals surface area contributed by atoms with Crippen LogP contribution < -0.4 is 4.90 Å². The minimum Gasteiger partial charge on any atom is -0.337 e. The monoisotopic (exact) mass is 463 g/mol. The van der Waals surface area contributed by atoms with Crippen molar-refractivity contribution in [3.8, 4) is 0 Å². The lowest BCUT2D eigenvalue weighted by molar-refractivity contribution is -0.384. The number of hydrogen-bond acceptors (Lipinski definition) is 7. The van der Waals surface area contributed by atoms with Crippen LogP contribution >= 0.6 is 22.7 Å². The molecule has 1 amide bonds. The van der Waals surface area contributed by atoms with Gasteiger partial charge in [-0.25, -0.2) is 9.97 Å². The van der Waals surface area contributed by atoms with Crippen LogP contribution in [-0.2, 0) is 6.54 Å². The average Bonchev–Trinajstić information content (AvgIpc) is 3.54. The number of rotatable bonds is 7. The molecule has 160 valence electrons. The Bertz CT molecular complexity index is 1390. The predicted molar refractivity (Wildman–Crippen MR) is 127 cm³/mol. The van der Waals surface area contributed by atoms with Gasteiger partial charge in [-0.3, -0.25) is 19.8 Å². The highest BCUT2D eigenvalue weighted by Gasteiger charge is 2.23. The zero-order chi connectivity index (χ0) is 22.1. The Balaban J connectivity index is 1.47. The Morgan fingerprint density at radius 2 is 2.00 bits per heavy atom. The molecule has 0 atom stereocenters. The van der Waals surface area contributed by atoms with Crippen LogP contribution in [0.4, 0.5) is 10.8 Å². The van der Waals surface area contributed by atoms with Gasteiger partial charge in [0.2, 0.25) is 0 Å². The van der Waals surface area contributed by atoms with E-state index in [9.17, 15) is 14.9 Å². The van der Waals surface area contributed by atoms with Crippen molar-refractivity contribution < 1.29 is 9.72 Å². The van der Waals surface area contributed by atoms with E-state index in [4.69, 9.17) is 0 Å². The van der Waals surface area contributed by atoms with E-state index in [1.807, 2.05) is 35.0 Å².